The molecule has 2 aromatic carbocycles. The van der Waals surface area contributed by atoms with E-state index in [1.165, 1.54) is 12.1 Å². The van der Waals surface area contributed by atoms with Gasteiger partial charge in [0, 0.05) is 16.2 Å². The van der Waals surface area contributed by atoms with Crippen LogP contribution < -0.4 is 10.5 Å². The van der Waals surface area contributed by atoms with E-state index in [1.54, 1.807) is 18.9 Å². The smallest absolute Gasteiger partial charge is 0.123 e. The van der Waals surface area contributed by atoms with Crippen molar-refractivity contribution in [3.05, 3.63) is 59.9 Å². The van der Waals surface area contributed by atoms with Gasteiger partial charge in [0.05, 0.1) is 7.11 Å². The van der Waals surface area contributed by atoms with Gasteiger partial charge in [-0.1, -0.05) is 25.1 Å². The lowest BCUT2D eigenvalue weighted by molar-refractivity contribution is 0.413. The van der Waals surface area contributed by atoms with E-state index >= 15 is 0 Å². The molecule has 0 bridgehead atoms. The van der Waals surface area contributed by atoms with Crippen molar-refractivity contribution >= 4 is 11.8 Å². The minimum absolute atomic E-state index is 0.00617. The zero-order chi connectivity index (χ0) is 15.2. The summed E-state index contributed by atoms with van der Waals surface area (Å²) < 4.78 is 18.4. The zero-order valence-corrected chi connectivity index (χ0v) is 13.1. The number of benzene rings is 2. The average molecular weight is 305 g/mol. The Hall–Kier alpha value is -1.52. The Kier molecular flexibility index (Phi) is 5.65. The van der Waals surface area contributed by atoms with E-state index in [0.717, 1.165) is 22.6 Å². The Morgan fingerprint density at radius 3 is 2.52 bits per heavy atom. The number of hydrogen-bond donors (Lipinski definition) is 1. The van der Waals surface area contributed by atoms with Crippen LogP contribution in [-0.2, 0) is 0 Å². The maximum Gasteiger partial charge on any atom is 0.123 e. The van der Waals surface area contributed by atoms with E-state index in [0.29, 0.717) is 0 Å². The van der Waals surface area contributed by atoms with E-state index < -0.39 is 0 Å². The van der Waals surface area contributed by atoms with Crippen LogP contribution in [0.1, 0.15) is 24.2 Å². The second-order valence-corrected chi connectivity index (χ2v) is 6.06. The van der Waals surface area contributed by atoms with Crippen LogP contribution in [0.2, 0.25) is 0 Å². The van der Waals surface area contributed by atoms with Gasteiger partial charge >= 0.3 is 0 Å². The number of ether oxygens (including phenoxy) is 1. The van der Waals surface area contributed by atoms with Gasteiger partial charge in [-0.3, -0.25) is 0 Å². The van der Waals surface area contributed by atoms with E-state index in [9.17, 15) is 4.39 Å². The standard InChI is InChI=1S/C17H20FNOS/c1-3-16(19)17(12-7-9-13(18)10-8-12)21-15-6-4-5-14(11-15)20-2/h4-11,16-17H,3,19H2,1-2H3. The Morgan fingerprint density at radius 1 is 1.19 bits per heavy atom. The monoisotopic (exact) mass is 305 g/mol. The predicted molar refractivity (Wildman–Crippen MR) is 86.3 cm³/mol. The minimum Gasteiger partial charge on any atom is -0.497 e. The molecule has 0 fully saturated rings. The molecular formula is C17H20FNOS. The van der Waals surface area contributed by atoms with Gasteiger partial charge in [0.15, 0.2) is 0 Å². The van der Waals surface area contributed by atoms with Crippen molar-refractivity contribution in [1.82, 2.24) is 0 Å². The van der Waals surface area contributed by atoms with Crippen LogP contribution in [0.5, 0.6) is 5.75 Å². The number of rotatable bonds is 6. The molecule has 112 valence electrons. The van der Waals surface area contributed by atoms with E-state index in [2.05, 4.69) is 6.92 Å². The van der Waals surface area contributed by atoms with Crippen LogP contribution in [0.4, 0.5) is 4.39 Å². The molecule has 2 unspecified atom stereocenters. The molecular weight excluding hydrogens is 285 g/mol. The van der Waals surface area contributed by atoms with Crippen LogP contribution in [0.15, 0.2) is 53.4 Å². The minimum atomic E-state index is -0.228. The normalized spacial score (nSPS) is 13.7. The lowest BCUT2D eigenvalue weighted by Crippen LogP contribution is -2.25. The highest BCUT2D eigenvalue weighted by atomic mass is 32.2. The Morgan fingerprint density at radius 2 is 1.90 bits per heavy atom. The maximum atomic E-state index is 13.1. The number of halogens is 1. The van der Waals surface area contributed by atoms with Crippen LogP contribution in [0.3, 0.4) is 0 Å². The number of nitrogens with two attached hydrogens (primary N) is 1. The molecule has 21 heavy (non-hydrogen) atoms. The largest absolute Gasteiger partial charge is 0.497 e. The Bertz CT molecular complexity index is 573. The number of thioether (sulfide) groups is 1. The topological polar surface area (TPSA) is 35.2 Å². The summed E-state index contributed by atoms with van der Waals surface area (Å²) in [7, 11) is 1.65. The quantitative estimate of drug-likeness (QED) is 0.803. The highest BCUT2D eigenvalue weighted by Gasteiger charge is 2.20. The third-order valence-corrected chi connectivity index (χ3v) is 4.76. The van der Waals surface area contributed by atoms with Crippen LogP contribution in [0.25, 0.3) is 0 Å². The van der Waals surface area contributed by atoms with Gasteiger partial charge in [-0.25, -0.2) is 4.39 Å². The molecule has 2 aromatic rings. The fourth-order valence-electron chi connectivity index (χ4n) is 2.09. The van der Waals surface area contributed by atoms with Gasteiger partial charge in [0.2, 0.25) is 0 Å². The molecule has 2 rings (SSSR count). The molecule has 0 heterocycles. The van der Waals surface area contributed by atoms with Crippen LogP contribution >= 0.6 is 11.8 Å². The summed E-state index contributed by atoms with van der Waals surface area (Å²) in [6.45, 7) is 2.06. The zero-order valence-electron chi connectivity index (χ0n) is 12.3. The maximum absolute atomic E-state index is 13.1. The van der Waals surface area contributed by atoms with Gasteiger partial charge in [-0.15, -0.1) is 11.8 Å². The lowest BCUT2D eigenvalue weighted by Gasteiger charge is -2.23. The second kappa shape index (κ2) is 7.48. The lowest BCUT2D eigenvalue weighted by atomic mass is 10.0. The van der Waals surface area contributed by atoms with E-state index in [1.807, 2.05) is 36.4 Å². The van der Waals surface area contributed by atoms with Crippen molar-refractivity contribution in [3.63, 3.8) is 0 Å². The summed E-state index contributed by atoms with van der Waals surface area (Å²) in [5.41, 5.74) is 7.30. The third-order valence-electron chi connectivity index (χ3n) is 3.36. The molecule has 0 aliphatic heterocycles. The van der Waals surface area contributed by atoms with Crippen molar-refractivity contribution in [2.24, 2.45) is 5.73 Å². The molecule has 2 N–H and O–H groups in total. The van der Waals surface area contributed by atoms with Crippen LogP contribution in [0, 0.1) is 5.82 Å². The van der Waals surface area contributed by atoms with Gasteiger partial charge in [0.1, 0.15) is 11.6 Å². The SMILES string of the molecule is CCC(N)C(Sc1cccc(OC)c1)c1ccc(F)cc1. The first-order valence-electron chi connectivity index (χ1n) is 6.95. The average Bonchev–Trinajstić information content (AvgIpc) is 2.53. The molecule has 0 amide bonds. The fourth-order valence-corrected chi connectivity index (χ4v) is 3.39. The van der Waals surface area contributed by atoms with E-state index in [4.69, 9.17) is 10.5 Å². The molecule has 0 saturated carbocycles. The first kappa shape index (κ1) is 15.9. The molecule has 0 spiro atoms. The van der Waals surface area contributed by atoms with Crippen molar-refractivity contribution in [2.75, 3.05) is 7.11 Å². The summed E-state index contributed by atoms with van der Waals surface area (Å²) >= 11 is 1.68. The Balaban J connectivity index is 2.25. The van der Waals surface area contributed by atoms with Crippen molar-refractivity contribution in [3.8, 4) is 5.75 Å². The molecule has 0 saturated heterocycles. The molecule has 2 nitrogen and oxygen atoms in total. The van der Waals surface area contributed by atoms with Gasteiger partial charge in [-0.05, 0) is 42.3 Å². The number of methoxy groups -OCH3 is 1. The Labute approximate surface area is 129 Å². The van der Waals surface area contributed by atoms with Crippen molar-refractivity contribution < 1.29 is 9.13 Å². The fraction of sp³-hybridized carbons (Fsp3) is 0.294. The summed E-state index contributed by atoms with van der Waals surface area (Å²) in [6.07, 6.45) is 0.860. The summed E-state index contributed by atoms with van der Waals surface area (Å²) in [5.74, 6) is 0.594. The van der Waals surface area contributed by atoms with Gasteiger partial charge in [-0.2, -0.15) is 0 Å². The van der Waals surface area contributed by atoms with Crippen molar-refractivity contribution in [2.45, 2.75) is 29.5 Å². The predicted octanol–water partition coefficient (Wildman–Crippen LogP) is 4.41. The summed E-state index contributed by atoms with van der Waals surface area (Å²) in [6, 6.07) is 14.5. The van der Waals surface area contributed by atoms with Crippen molar-refractivity contribution in [1.29, 1.82) is 0 Å². The van der Waals surface area contributed by atoms with E-state index in [-0.39, 0.29) is 17.1 Å². The molecule has 0 radical (unpaired) electrons. The second-order valence-electron chi connectivity index (χ2n) is 4.84. The first-order valence-corrected chi connectivity index (χ1v) is 7.83. The highest BCUT2D eigenvalue weighted by Crippen LogP contribution is 2.39. The summed E-state index contributed by atoms with van der Waals surface area (Å²) in [5, 5.41) is 0.0858. The van der Waals surface area contributed by atoms with Gasteiger partial charge < -0.3 is 10.5 Å². The van der Waals surface area contributed by atoms with Crippen LogP contribution in [-0.4, -0.2) is 13.2 Å². The van der Waals surface area contributed by atoms with Gasteiger partial charge in [0.25, 0.3) is 0 Å². The third kappa shape index (κ3) is 4.22. The highest BCUT2D eigenvalue weighted by molar-refractivity contribution is 7.99. The molecule has 2 atom stereocenters. The molecule has 0 aliphatic carbocycles. The summed E-state index contributed by atoms with van der Waals surface area (Å²) in [4.78, 5) is 1.09. The molecule has 4 heteroatoms. The first-order chi connectivity index (χ1) is 10.1. The number of hydrogen-bond acceptors (Lipinski definition) is 3. The molecule has 0 aromatic heterocycles. The molecule has 0 aliphatic rings.